The maximum Gasteiger partial charge on any atom is 0.315 e. The first-order chi connectivity index (χ1) is 11.5. The van der Waals surface area contributed by atoms with Gasteiger partial charge < -0.3 is 20.3 Å². The zero-order chi connectivity index (χ0) is 17.5. The molecule has 0 fully saturated rings. The van der Waals surface area contributed by atoms with E-state index in [-0.39, 0.29) is 36.2 Å². The average molecular weight is 336 g/mol. The molecule has 2 amide bonds. The molecule has 2 aromatic rings. The van der Waals surface area contributed by atoms with Gasteiger partial charge in [-0.05, 0) is 31.9 Å². The van der Waals surface area contributed by atoms with Crippen molar-refractivity contribution in [3.8, 4) is 11.4 Å². The lowest BCUT2D eigenvalue weighted by molar-refractivity contribution is 0.222. The van der Waals surface area contributed by atoms with E-state index in [0.29, 0.717) is 18.4 Å². The highest BCUT2D eigenvalue weighted by Crippen LogP contribution is 2.19. The SMILES string of the molecule is CCC(CCO)NC(=O)NC(C)c1nc(-c2cccc(F)c2)no1. The number of nitrogens with zero attached hydrogens (tertiary/aromatic N) is 2. The third-order valence-corrected chi connectivity index (χ3v) is 3.55. The van der Waals surface area contributed by atoms with E-state index in [4.69, 9.17) is 9.63 Å². The number of hydrogen-bond donors (Lipinski definition) is 3. The molecule has 0 radical (unpaired) electrons. The Balaban J connectivity index is 1.98. The van der Waals surface area contributed by atoms with Crippen molar-refractivity contribution < 1.29 is 18.8 Å². The average Bonchev–Trinajstić information content (AvgIpc) is 3.04. The number of halogens is 1. The van der Waals surface area contributed by atoms with Crippen LogP contribution in [0.4, 0.5) is 9.18 Å². The van der Waals surface area contributed by atoms with Crippen molar-refractivity contribution in [1.29, 1.82) is 0 Å². The molecule has 0 saturated carbocycles. The van der Waals surface area contributed by atoms with E-state index >= 15 is 0 Å². The first-order valence-electron chi connectivity index (χ1n) is 7.81. The maximum atomic E-state index is 13.2. The highest BCUT2D eigenvalue weighted by Gasteiger charge is 2.18. The fourth-order valence-corrected chi connectivity index (χ4v) is 2.18. The van der Waals surface area contributed by atoms with E-state index < -0.39 is 6.04 Å². The molecular formula is C16H21FN4O3. The molecule has 2 unspecified atom stereocenters. The van der Waals surface area contributed by atoms with Crippen LogP contribution in [0.5, 0.6) is 0 Å². The number of urea groups is 1. The van der Waals surface area contributed by atoms with Gasteiger partial charge in [0.25, 0.3) is 0 Å². The molecule has 0 bridgehead atoms. The van der Waals surface area contributed by atoms with Gasteiger partial charge in [0.1, 0.15) is 11.9 Å². The zero-order valence-electron chi connectivity index (χ0n) is 13.6. The van der Waals surface area contributed by atoms with Gasteiger partial charge in [0, 0.05) is 18.2 Å². The molecule has 3 N–H and O–H groups in total. The second-order valence-corrected chi connectivity index (χ2v) is 5.42. The molecule has 1 heterocycles. The van der Waals surface area contributed by atoms with Crippen LogP contribution in [-0.2, 0) is 0 Å². The summed E-state index contributed by atoms with van der Waals surface area (Å²) < 4.78 is 18.4. The van der Waals surface area contributed by atoms with Crippen LogP contribution in [0.1, 0.15) is 38.6 Å². The minimum atomic E-state index is -0.508. The topological polar surface area (TPSA) is 100 Å². The van der Waals surface area contributed by atoms with Gasteiger partial charge in [-0.25, -0.2) is 9.18 Å². The Morgan fingerprint density at radius 1 is 1.42 bits per heavy atom. The lowest BCUT2D eigenvalue weighted by Crippen LogP contribution is -2.43. The van der Waals surface area contributed by atoms with Crippen molar-refractivity contribution in [2.75, 3.05) is 6.61 Å². The van der Waals surface area contributed by atoms with Crippen LogP contribution in [0, 0.1) is 5.82 Å². The number of aliphatic hydroxyl groups excluding tert-OH is 1. The fourth-order valence-electron chi connectivity index (χ4n) is 2.18. The lowest BCUT2D eigenvalue weighted by atomic mass is 10.1. The standard InChI is InChI=1S/C16H21FN4O3/c1-3-13(7-8-22)19-16(23)18-10(2)15-20-14(21-24-15)11-5-4-6-12(17)9-11/h4-6,9-10,13,22H,3,7-8H2,1-2H3,(H2,18,19,23). The molecule has 1 aromatic carbocycles. The molecule has 0 aliphatic carbocycles. The number of amides is 2. The summed E-state index contributed by atoms with van der Waals surface area (Å²) >= 11 is 0. The molecule has 0 aliphatic heterocycles. The number of carbonyl (C=O) groups excluding carboxylic acids is 1. The van der Waals surface area contributed by atoms with Gasteiger partial charge in [0.2, 0.25) is 11.7 Å². The summed E-state index contributed by atoms with van der Waals surface area (Å²) in [6, 6.07) is 4.87. The molecular weight excluding hydrogens is 315 g/mol. The van der Waals surface area contributed by atoms with Crippen molar-refractivity contribution >= 4 is 6.03 Å². The predicted molar refractivity (Wildman–Crippen MR) is 85.6 cm³/mol. The van der Waals surface area contributed by atoms with Crippen molar-refractivity contribution in [2.24, 2.45) is 0 Å². The van der Waals surface area contributed by atoms with Gasteiger partial charge >= 0.3 is 6.03 Å². The number of carbonyl (C=O) groups is 1. The van der Waals surface area contributed by atoms with E-state index in [0.717, 1.165) is 0 Å². The second-order valence-electron chi connectivity index (χ2n) is 5.42. The van der Waals surface area contributed by atoms with Gasteiger partial charge in [-0.1, -0.05) is 24.2 Å². The van der Waals surface area contributed by atoms with Crippen LogP contribution in [0.15, 0.2) is 28.8 Å². The highest BCUT2D eigenvalue weighted by molar-refractivity contribution is 5.74. The number of aliphatic hydroxyl groups is 1. The number of rotatable bonds is 7. The summed E-state index contributed by atoms with van der Waals surface area (Å²) in [6.07, 6.45) is 1.20. The Kier molecular flexibility index (Phi) is 6.25. The molecule has 0 aliphatic rings. The smallest absolute Gasteiger partial charge is 0.315 e. The highest BCUT2D eigenvalue weighted by atomic mass is 19.1. The molecule has 8 heteroatoms. The van der Waals surface area contributed by atoms with Crippen LogP contribution in [0.25, 0.3) is 11.4 Å². The van der Waals surface area contributed by atoms with Crippen LogP contribution >= 0.6 is 0 Å². The van der Waals surface area contributed by atoms with Gasteiger partial charge in [0.15, 0.2) is 0 Å². The summed E-state index contributed by atoms with van der Waals surface area (Å²) in [5, 5.41) is 18.2. The van der Waals surface area contributed by atoms with Crippen LogP contribution < -0.4 is 10.6 Å². The Morgan fingerprint density at radius 3 is 2.88 bits per heavy atom. The van der Waals surface area contributed by atoms with Gasteiger partial charge in [-0.15, -0.1) is 0 Å². The number of benzene rings is 1. The number of aromatic nitrogens is 2. The number of nitrogens with one attached hydrogen (secondary N) is 2. The molecule has 0 spiro atoms. The monoisotopic (exact) mass is 336 g/mol. The van der Waals surface area contributed by atoms with Crippen LogP contribution in [0.3, 0.4) is 0 Å². The molecule has 1 aromatic heterocycles. The third-order valence-electron chi connectivity index (χ3n) is 3.55. The van der Waals surface area contributed by atoms with E-state index in [1.807, 2.05) is 6.92 Å². The Labute approximate surface area is 139 Å². The van der Waals surface area contributed by atoms with Crippen molar-refractivity contribution in [2.45, 2.75) is 38.8 Å². The van der Waals surface area contributed by atoms with E-state index in [1.165, 1.54) is 12.1 Å². The molecule has 130 valence electrons. The molecule has 2 rings (SSSR count). The van der Waals surface area contributed by atoms with Gasteiger partial charge in [-0.2, -0.15) is 4.98 Å². The molecule has 2 atom stereocenters. The zero-order valence-corrected chi connectivity index (χ0v) is 13.6. The fraction of sp³-hybridized carbons (Fsp3) is 0.438. The van der Waals surface area contributed by atoms with Crippen LogP contribution in [0.2, 0.25) is 0 Å². The predicted octanol–water partition coefficient (Wildman–Crippen LogP) is 2.40. The summed E-state index contributed by atoms with van der Waals surface area (Å²) in [5.74, 6) is 0.0868. The quantitative estimate of drug-likeness (QED) is 0.721. The van der Waals surface area contributed by atoms with Crippen molar-refractivity contribution in [3.05, 3.63) is 36.0 Å². The first-order valence-corrected chi connectivity index (χ1v) is 7.81. The lowest BCUT2D eigenvalue weighted by Gasteiger charge is -2.17. The Hall–Kier alpha value is -2.48. The normalized spacial score (nSPS) is 13.3. The minimum Gasteiger partial charge on any atom is -0.396 e. The number of hydrogen-bond acceptors (Lipinski definition) is 5. The minimum absolute atomic E-state index is 0.00892. The van der Waals surface area contributed by atoms with Gasteiger partial charge in [0.05, 0.1) is 0 Å². The first kappa shape index (κ1) is 17.9. The van der Waals surface area contributed by atoms with E-state index in [1.54, 1.807) is 19.1 Å². The van der Waals surface area contributed by atoms with E-state index in [9.17, 15) is 9.18 Å². The Bertz CT molecular complexity index is 677. The van der Waals surface area contributed by atoms with E-state index in [2.05, 4.69) is 20.8 Å². The van der Waals surface area contributed by atoms with Gasteiger partial charge in [-0.3, -0.25) is 0 Å². The Morgan fingerprint density at radius 2 is 2.21 bits per heavy atom. The summed E-state index contributed by atoms with van der Waals surface area (Å²) in [6.45, 7) is 3.64. The summed E-state index contributed by atoms with van der Waals surface area (Å²) in [4.78, 5) is 16.1. The molecule has 7 nitrogen and oxygen atoms in total. The van der Waals surface area contributed by atoms with Crippen molar-refractivity contribution in [3.63, 3.8) is 0 Å². The summed E-state index contributed by atoms with van der Waals surface area (Å²) in [7, 11) is 0. The van der Waals surface area contributed by atoms with Crippen molar-refractivity contribution in [1.82, 2.24) is 20.8 Å². The molecule has 24 heavy (non-hydrogen) atoms. The largest absolute Gasteiger partial charge is 0.396 e. The second kappa shape index (κ2) is 8.39. The maximum absolute atomic E-state index is 13.2. The third kappa shape index (κ3) is 4.76. The molecule has 0 saturated heterocycles. The van der Waals surface area contributed by atoms with Crippen LogP contribution in [-0.4, -0.2) is 33.9 Å². The summed E-state index contributed by atoms with van der Waals surface area (Å²) in [5.41, 5.74) is 0.496.